The SMILES string of the molecule is Nc1nc(-c2cc3ccccc3o2)c(Cc2ccccc2)c(-c2cccc3ccccc23)n1. The molecule has 0 saturated heterocycles. The molecule has 0 saturated carbocycles. The molecular weight excluding hydrogens is 406 g/mol. The maximum absolute atomic E-state index is 6.27. The summed E-state index contributed by atoms with van der Waals surface area (Å²) < 4.78 is 6.22. The van der Waals surface area contributed by atoms with E-state index in [1.54, 1.807) is 0 Å². The Balaban J connectivity index is 1.65. The van der Waals surface area contributed by atoms with Gasteiger partial charge in [0.05, 0.1) is 5.69 Å². The second-order valence-corrected chi connectivity index (χ2v) is 8.10. The van der Waals surface area contributed by atoms with Crippen LogP contribution in [-0.2, 0) is 6.42 Å². The molecule has 2 N–H and O–H groups in total. The summed E-state index contributed by atoms with van der Waals surface area (Å²) in [7, 11) is 0. The molecule has 0 amide bonds. The first-order valence-corrected chi connectivity index (χ1v) is 10.9. The monoisotopic (exact) mass is 427 g/mol. The van der Waals surface area contributed by atoms with Crippen molar-refractivity contribution in [2.24, 2.45) is 0 Å². The van der Waals surface area contributed by atoms with Crippen LogP contribution in [0.2, 0.25) is 0 Å². The first-order valence-electron chi connectivity index (χ1n) is 10.9. The zero-order chi connectivity index (χ0) is 22.2. The third-order valence-corrected chi connectivity index (χ3v) is 5.95. The molecule has 4 heteroatoms. The van der Waals surface area contributed by atoms with Gasteiger partial charge in [-0.05, 0) is 28.5 Å². The maximum Gasteiger partial charge on any atom is 0.221 e. The van der Waals surface area contributed by atoms with Crippen molar-refractivity contribution >= 4 is 27.7 Å². The van der Waals surface area contributed by atoms with Gasteiger partial charge in [-0.3, -0.25) is 0 Å². The van der Waals surface area contributed by atoms with Crippen molar-refractivity contribution in [2.75, 3.05) is 5.73 Å². The van der Waals surface area contributed by atoms with Gasteiger partial charge in [0.15, 0.2) is 5.76 Å². The van der Waals surface area contributed by atoms with E-state index in [2.05, 4.69) is 47.4 Å². The summed E-state index contributed by atoms with van der Waals surface area (Å²) in [5.41, 5.74) is 11.8. The van der Waals surface area contributed by atoms with Gasteiger partial charge in [-0.2, -0.15) is 0 Å². The number of anilines is 1. The van der Waals surface area contributed by atoms with E-state index in [4.69, 9.17) is 15.1 Å². The lowest BCUT2D eigenvalue weighted by atomic mass is 9.94. The van der Waals surface area contributed by atoms with Gasteiger partial charge >= 0.3 is 0 Å². The van der Waals surface area contributed by atoms with Gasteiger partial charge in [-0.1, -0.05) is 91.0 Å². The number of nitrogen functional groups attached to an aromatic ring is 1. The highest BCUT2D eigenvalue weighted by Gasteiger charge is 2.21. The number of hydrogen-bond acceptors (Lipinski definition) is 4. The van der Waals surface area contributed by atoms with Crippen LogP contribution in [0.1, 0.15) is 11.1 Å². The van der Waals surface area contributed by atoms with Crippen LogP contribution in [-0.4, -0.2) is 9.97 Å². The van der Waals surface area contributed by atoms with Crippen LogP contribution in [0.15, 0.2) is 108 Å². The molecule has 4 nitrogen and oxygen atoms in total. The van der Waals surface area contributed by atoms with Gasteiger partial charge < -0.3 is 10.2 Å². The molecule has 6 rings (SSSR count). The number of nitrogens with two attached hydrogens (primary N) is 1. The lowest BCUT2D eigenvalue weighted by Gasteiger charge is -2.15. The highest BCUT2D eigenvalue weighted by Crippen LogP contribution is 2.37. The van der Waals surface area contributed by atoms with E-state index in [0.717, 1.165) is 44.3 Å². The van der Waals surface area contributed by atoms with Crippen LogP contribution in [0.5, 0.6) is 0 Å². The van der Waals surface area contributed by atoms with E-state index in [0.29, 0.717) is 12.2 Å². The molecule has 4 aromatic carbocycles. The zero-order valence-corrected chi connectivity index (χ0v) is 17.9. The lowest BCUT2D eigenvalue weighted by Crippen LogP contribution is -2.06. The molecule has 6 aromatic rings. The van der Waals surface area contributed by atoms with Crippen molar-refractivity contribution in [3.63, 3.8) is 0 Å². The van der Waals surface area contributed by atoms with Gasteiger partial charge in [0, 0.05) is 22.9 Å². The smallest absolute Gasteiger partial charge is 0.221 e. The van der Waals surface area contributed by atoms with Crippen LogP contribution in [0.4, 0.5) is 5.95 Å². The van der Waals surface area contributed by atoms with E-state index in [1.165, 1.54) is 5.56 Å². The van der Waals surface area contributed by atoms with Gasteiger partial charge in [-0.15, -0.1) is 0 Å². The summed E-state index contributed by atoms with van der Waals surface area (Å²) in [5, 5.41) is 3.31. The minimum Gasteiger partial charge on any atom is -0.454 e. The number of hydrogen-bond donors (Lipinski definition) is 1. The summed E-state index contributed by atoms with van der Waals surface area (Å²) in [6, 6.07) is 34.9. The minimum absolute atomic E-state index is 0.227. The summed E-state index contributed by atoms with van der Waals surface area (Å²) >= 11 is 0. The Kier molecular flexibility index (Phi) is 4.62. The predicted octanol–water partition coefficient (Wildman–Crippen LogP) is 6.88. The maximum atomic E-state index is 6.27. The third-order valence-electron chi connectivity index (χ3n) is 5.95. The van der Waals surface area contributed by atoms with Gasteiger partial charge in [0.2, 0.25) is 5.95 Å². The highest BCUT2D eigenvalue weighted by atomic mass is 16.3. The van der Waals surface area contributed by atoms with Gasteiger partial charge in [0.25, 0.3) is 0 Å². The first-order chi connectivity index (χ1) is 16.3. The van der Waals surface area contributed by atoms with E-state index in [-0.39, 0.29) is 5.95 Å². The first kappa shape index (κ1) is 19.3. The topological polar surface area (TPSA) is 64.9 Å². The summed E-state index contributed by atoms with van der Waals surface area (Å²) in [6.45, 7) is 0. The number of fused-ring (bicyclic) bond motifs is 2. The van der Waals surface area contributed by atoms with Gasteiger partial charge in [0.1, 0.15) is 11.3 Å². The van der Waals surface area contributed by atoms with Crippen LogP contribution in [0.25, 0.3) is 44.5 Å². The Morgan fingerprint density at radius 2 is 1.36 bits per heavy atom. The average Bonchev–Trinajstić information content (AvgIpc) is 3.29. The Morgan fingerprint density at radius 1 is 0.667 bits per heavy atom. The summed E-state index contributed by atoms with van der Waals surface area (Å²) in [5.74, 6) is 0.919. The highest BCUT2D eigenvalue weighted by molar-refractivity contribution is 5.97. The van der Waals surface area contributed by atoms with Crippen LogP contribution in [0, 0.1) is 0 Å². The van der Waals surface area contributed by atoms with E-state index >= 15 is 0 Å². The minimum atomic E-state index is 0.227. The lowest BCUT2D eigenvalue weighted by molar-refractivity contribution is 0.627. The third kappa shape index (κ3) is 3.52. The number of aromatic nitrogens is 2. The fourth-order valence-corrected chi connectivity index (χ4v) is 4.43. The summed E-state index contributed by atoms with van der Waals surface area (Å²) in [6.07, 6.45) is 0.659. The molecule has 0 spiro atoms. The van der Waals surface area contributed by atoms with Crippen molar-refractivity contribution in [3.8, 4) is 22.7 Å². The van der Waals surface area contributed by atoms with Crippen molar-refractivity contribution in [2.45, 2.75) is 6.42 Å². The molecule has 33 heavy (non-hydrogen) atoms. The number of para-hydroxylation sites is 1. The molecule has 0 unspecified atom stereocenters. The molecule has 2 heterocycles. The normalized spacial score (nSPS) is 11.3. The largest absolute Gasteiger partial charge is 0.454 e. The number of rotatable bonds is 4. The zero-order valence-electron chi connectivity index (χ0n) is 17.9. The molecule has 0 aliphatic heterocycles. The number of benzene rings is 4. The molecule has 0 radical (unpaired) electrons. The Morgan fingerprint density at radius 3 is 2.21 bits per heavy atom. The van der Waals surface area contributed by atoms with E-state index < -0.39 is 0 Å². The molecule has 0 atom stereocenters. The second-order valence-electron chi connectivity index (χ2n) is 8.10. The van der Waals surface area contributed by atoms with Crippen molar-refractivity contribution < 1.29 is 4.42 Å². The second kappa shape index (κ2) is 7.92. The van der Waals surface area contributed by atoms with E-state index in [1.807, 2.05) is 60.7 Å². The van der Waals surface area contributed by atoms with Crippen molar-refractivity contribution in [1.29, 1.82) is 0 Å². The average molecular weight is 428 g/mol. The van der Waals surface area contributed by atoms with E-state index in [9.17, 15) is 0 Å². The molecule has 0 bridgehead atoms. The van der Waals surface area contributed by atoms with Crippen LogP contribution >= 0.6 is 0 Å². The summed E-state index contributed by atoms with van der Waals surface area (Å²) in [4.78, 5) is 9.43. The quantitative estimate of drug-likeness (QED) is 0.333. The number of nitrogens with zero attached hydrogens (tertiary/aromatic N) is 2. The molecule has 0 fully saturated rings. The molecule has 2 aromatic heterocycles. The number of furan rings is 1. The standard InChI is InChI=1S/C29H21N3O/c30-29-31-27(23-15-8-13-20-11-4-6-14-22(20)23)24(17-19-9-2-1-3-10-19)28(32-29)26-18-21-12-5-7-16-25(21)33-26/h1-16,18H,17H2,(H2,30,31,32). The van der Waals surface area contributed by atoms with Gasteiger partial charge in [-0.25, -0.2) is 9.97 Å². The molecular formula is C29H21N3O. The predicted molar refractivity (Wildman–Crippen MR) is 134 cm³/mol. The van der Waals surface area contributed by atoms with Crippen LogP contribution < -0.4 is 5.73 Å². The Labute approximate surface area is 191 Å². The Hall–Kier alpha value is -4.44. The van der Waals surface area contributed by atoms with Crippen molar-refractivity contribution in [3.05, 3.63) is 114 Å². The molecule has 0 aliphatic rings. The van der Waals surface area contributed by atoms with Crippen molar-refractivity contribution in [1.82, 2.24) is 9.97 Å². The fraction of sp³-hybridized carbons (Fsp3) is 0.0345. The molecule has 158 valence electrons. The fourth-order valence-electron chi connectivity index (χ4n) is 4.43. The van der Waals surface area contributed by atoms with Crippen LogP contribution in [0.3, 0.4) is 0 Å². The Bertz CT molecular complexity index is 1560. The molecule has 0 aliphatic carbocycles.